The zero-order chi connectivity index (χ0) is 11.4. The van der Waals surface area contributed by atoms with Crippen LogP contribution in [0.5, 0.6) is 0 Å². The van der Waals surface area contributed by atoms with Gasteiger partial charge >= 0.3 is 0 Å². The summed E-state index contributed by atoms with van der Waals surface area (Å²) in [5, 5.41) is 0. The molecule has 16 heavy (non-hydrogen) atoms. The molecule has 0 aliphatic heterocycles. The van der Waals surface area contributed by atoms with Gasteiger partial charge in [0.25, 0.3) is 0 Å². The first-order valence-corrected chi connectivity index (χ1v) is 6.92. The highest BCUT2D eigenvalue weighted by Gasteiger charge is 2.37. The molecule has 94 valence electrons. The molecule has 0 heterocycles. The highest BCUT2D eigenvalue weighted by atomic mass is 16.5. The van der Waals surface area contributed by atoms with E-state index in [4.69, 9.17) is 9.47 Å². The molecular formula is C14H26O2. The number of hydrogen-bond donors (Lipinski definition) is 0. The molecule has 0 spiro atoms. The maximum Gasteiger partial charge on any atom is 0.0603 e. The number of methoxy groups -OCH3 is 2. The van der Waals surface area contributed by atoms with Crippen LogP contribution in [0.2, 0.25) is 0 Å². The van der Waals surface area contributed by atoms with Crippen molar-refractivity contribution in [1.82, 2.24) is 0 Å². The average molecular weight is 226 g/mol. The minimum absolute atomic E-state index is 0.495. The van der Waals surface area contributed by atoms with E-state index in [0.717, 1.165) is 11.8 Å². The first-order valence-electron chi connectivity index (χ1n) is 6.92. The van der Waals surface area contributed by atoms with E-state index in [1.165, 1.54) is 51.4 Å². The van der Waals surface area contributed by atoms with Gasteiger partial charge in [0.2, 0.25) is 0 Å². The smallest absolute Gasteiger partial charge is 0.0603 e. The molecule has 0 aromatic rings. The van der Waals surface area contributed by atoms with Gasteiger partial charge in [0.15, 0.2) is 0 Å². The van der Waals surface area contributed by atoms with Crippen LogP contribution in [-0.4, -0.2) is 26.4 Å². The van der Waals surface area contributed by atoms with E-state index in [1.54, 1.807) is 0 Å². The third kappa shape index (κ3) is 2.60. The van der Waals surface area contributed by atoms with Gasteiger partial charge in [0.05, 0.1) is 12.2 Å². The Morgan fingerprint density at radius 1 is 0.625 bits per heavy atom. The molecule has 2 saturated carbocycles. The third-order valence-corrected chi connectivity index (χ3v) is 4.66. The fourth-order valence-corrected chi connectivity index (χ4v) is 3.82. The van der Waals surface area contributed by atoms with Crippen LogP contribution in [0, 0.1) is 11.8 Å². The lowest BCUT2D eigenvalue weighted by atomic mass is 9.70. The summed E-state index contributed by atoms with van der Waals surface area (Å²) >= 11 is 0. The summed E-state index contributed by atoms with van der Waals surface area (Å²) < 4.78 is 11.4. The quantitative estimate of drug-likeness (QED) is 0.734. The monoisotopic (exact) mass is 226 g/mol. The summed E-state index contributed by atoms with van der Waals surface area (Å²) in [6.45, 7) is 0. The first-order chi connectivity index (χ1) is 7.86. The molecular weight excluding hydrogens is 200 g/mol. The largest absolute Gasteiger partial charge is 0.381 e. The second-order valence-electron chi connectivity index (χ2n) is 5.44. The summed E-state index contributed by atoms with van der Waals surface area (Å²) in [5.74, 6) is 1.51. The first kappa shape index (κ1) is 12.4. The predicted octanol–water partition coefficient (Wildman–Crippen LogP) is 3.40. The second kappa shape index (κ2) is 6.02. The minimum atomic E-state index is 0.495. The average Bonchev–Trinajstić information content (AvgIpc) is 2.38. The Morgan fingerprint density at radius 3 is 1.38 bits per heavy atom. The van der Waals surface area contributed by atoms with Crippen molar-refractivity contribution in [3.8, 4) is 0 Å². The topological polar surface area (TPSA) is 18.5 Å². The van der Waals surface area contributed by atoms with E-state index in [0.29, 0.717) is 12.2 Å². The maximum absolute atomic E-state index is 5.69. The molecule has 0 radical (unpaired) electrons. The molecule has 2 aliphatic rings. The van der Waals surface area contributed by atoms with Crippen molar-refractivity contribution in [1.29, 1.82) is 0 Å². The van der Waals surface area contributed by atoms with Gasteiger partial charge in [-0.15, -0.1) is 0 Å². The van der Waals surface area contributed by atoms with Crippen molar-refractivity contribution < 1.29 is 9.47 Å². The van der Waals surface area contributed by atoms with Crippen LogP contribution in [0.15, 0.2) is 0 Å². The molecule has 2 rings (SSSR count). The molecule has 2 aliphatic carbocycles. The van der Waals surface area contributed by atoms with Crippen LogP contribution < -0.4 is 0 Å². The normalized spacial score (nSPS) is 40.9. The van der Waals surface area contributed by atoms with Crippen LogP contribution in [0.3, 0.4) is 0 Å². The highest BCUT2D eigenvalue weighted by Crippen LogP contribution is 2.40. The van der Waals surface area contributed by atoms with Crippen molar-refractivity contribution in [2.45, 2.75) is 63.6 Å². The molecule has 0 N–H and O–H groups in total. The number of hydrogen-bond acceptors (Lipinski definition) is 2. The molecule has 0 aromatic carbocycles. The van der Waals surface area contributed by atoms with Crippen LogP contribution in [0.1, 0.15) is 51.4 Å². The van der Waals surface area contributed by atoms with Crippen molar-refractivity contribution in [2.75, 3.05) is 14.2 Å². The molecule has 0 aromatic heterocycles. The fraction of sp³-hybridized carbons (Fsp3) is 1.00. The summed E-state index contributed by atoms with van der Waals surface area (Å²) in [6, 6.07) is 0. The van der Waals surface area contributed by atoms with Crippen molar-refractivity contribution in [3.63, 3.8) is 0 Å². The molecule has 0 saturated heterocycles. The van der Waals surface area contributed by atoms with Crippen LogP contribution in [-0.2, 0) is 9.47 Å². The second-order valence-corrected chi connectivity index (χ2v) is 5.44. The van der Waals surface area contributed by atoms with Crippen molar-refractivity contribution >= 4 is 0 Å². The summed E-state index contributed by atoms with van der Waals surface area (Å²) in [7, 11) is 3.77. The standard InChI is InChI=1S/C14H26O2/c1-15-13-9-5-3-7-11(13)12-8-4-6-10-14(12)16-2/h11-14H,3-10H2,1-2H3. The molecule has 4 unspecified atom stereocenters. The fourth-order valence-electron chi connectivity index (χ4n) is 3.82. The van der Waals surface area contributed by atoms with Gasteiger partial charge in [-0.2, -0.15) is 0 Å². The summed E-state index contributed by atoms with van der Waals surface area (Å²) in [4.78, 5) is 0. The van der Waals surface area contributed by atoms with Crippen molar-refractivity contribution in [2.24, 2.45) is 11.8 Å². The van der Waals surface area contributed by atoms with E-state index in [9.17, 15) is 0 Å². The third-order valence-electron chi connectivity index (χ3n) is 4.66. The van der Waals surface area contributed by atoms with Crippen LogP contribution in [0.4, 0.5) is 0 Å². The van der Waals surface area contributed by atoms with E-state index in [-0.39, 0.29) is 0 Å². The van der Waals surface area contributed by atoms with Crippen LogP contribution in [0.25, 0.3) is 0 Å². The molecule has 0 amide bonds. The molecule has 2 fully saturated rings. The van der Waals surface area contributed by atoms with Gasteiger partial charge in [-0.05, 0) is 37.5 Å². The maximum atomic E-state index is 5.69. The summed E-state index contributed by atoms with van der Waals surface area (Å²) in [5.41, 5.74) is 0. The number of rotatable bonds is 3. The van der Waals surface area contributed by atoms with Gasteiger partial charge < -0.3 is 9.47 Å². The predicted molar refractivity (Wildman–Crippen MR) is 65.5 cm³/mol. The number of ether oxygens (including phenoxy) is 2. The summed E-state index contributed by atoms with van der Waals surface area (Å²) in [6.07, 6.45) is 11.7. The minimum Gasteiger partial charge on any atom is -0.381 e. The Balaban J connectivity index is 2.01. The highest BCUT2D eigenvalue weighted by molar-refractivity contribution is 4.87. The van der Waals surface area contributed by atoms with E-state index >= 15 is 0 Å². The lowest BCUT2D eigenvalue weighted by molar-refractivity contribution is -0.0639. The van der Waals surface area contributed by atoms with Gasteiger partial charge in [-0.3, -0.25) is 0 Å². The Kier molecular flexibility index (Phi) is 4.66. The van der Waals surface area contributed by atoms with E-state index < -0.39 is 0 Å². The lowest BCUT2D eigenvalue weighted by Crippen LogP contribution is -2.40. The lowest BCUT2D eigenvalue weighted by Gasteiger charge is -2.41. The molecule has 0 bridgehead atoms. The van der Waals surface area contributed by atoms with Crippen LogP contribution >= 0.6 is 0 Å². The Bertz CT molecular complexity index is 183. The zero-order valence-corrected chi connectivity index (χ0v) is 10.8. The van der Waals surface area contributed by atoms with Gasteiger partial charge in [-0.1, -0.05) is 25.7 Å². The van der Waals surface area contributed by atoms with Gasteiger partial charge in [0.1, 0.15) is 0 Å². The Hall–Kier alpha value is -0.0800. The molecule has 4 atom stereocenters. The van der Waals surface area contributed by atoms with E-state index in [1.807, 2.05) is 14.2 Å². The Morgan fingerprint density at radius 2 is 1.00 bits per heavy atom. The SMILES string of the molecule is COC1CCCCC1C1CCCCC1OC. The van der Waals surface area contributed by atoms with Crippen molar-refractivity contribution in [3.05, 3.63) is 0 Å². The Labute approximate surface area is 99.7 Å². The van der Waals surface area contributed by atoms with Gasteiger partial charge in [-0.25, -0.2) is 0 Å². The zero-order valence-electron chi connectivity index (χ0n) is 10.8. The van der Waals surface area contributed by atoms with Gasteiger partial charge in [0, 0.05) is 14.2 Å². The molecule has 2 heteroatoms. The molecule has 2 nitrogen and oxygen atoms in total. The van der Waals surface area contributed by atoms with E-state index in [2.05, 4.69) is 0 Å².